The van der Waals surface area contributed by atoms with E-state index in [9.17, 15) is 0 Å². The van der Waals surface area contributed by atoms with E-state index in [1.54, 1.807) is 0 Å². The summed E-state index contributed by atoms with van der Waals surface area (Å²) in [6, 6.07) is 81.8. The Balaban J connectivity index is 1.07. The number of anilines is 3. The van der Waals surface area contributed by atoms with E-state index < -0.39 is 0 Å². The van der Waals surface area contributed by atoms with Crippen LogP contribution >= 0.6 is 0 Å². The van der Waals surface area contributed by atoms with Crippen LogP contribution in [-0.4, -0.2) is 8.80 Å². The predicted octanol–water partition coefficient (Wildman–Crippen LogP) is 26.7. The first kappa shape index (κ1) is 61.2. The lowest BCUT2D eigenvalue weighted by Gasteiger charge is -2.26. The maximum atomic E-state index is 7.15. The van der Waals surface area contributed by atoms with Gasteiger partial charge in [0.05, 0.1) is 33.0 Å². The molecule has 16 rings (SSSR count). The van der Waals surface area contributed by atoms with Gasteiger partial charge in [-0.25, -0.2) is 0 Å². The minimum atomic E-state index is -0.0751. The van der Waals surface area contributed by atoms with Gasteiger partial charge in [-0.3, -0.25) is 4.40 Å². The molecule has 16 aromatic rings. The Bertz CT molecular complexity index is 5650. The zero-order valence-electron chi connectivity index (χ0n) is 59.5. The second-order valence-corrected chi connectivity index (χ2v) is 34.0. The van der Waals surface area contributed by atoms with Crippen LogP contribution in [0.25, 0.3) is 132 Å². The van der Waals surface area contributed by atoms with Crippen LogP contribution in [0.1, 0.15) is 158 Å². The summed E-state index contributed by atoms with van der Waals surface area (Å²) in [5.74, 6) is 0. The second kappa shape index (κ2) is 20.9. The van der Waals surface area contributed by atoms with Gasteiger partial charge >= 0.3 is 0 Å². The largest absolute Gasteiger partial charge is 0.439 e. The number of benzene rings is 11. The number of hydrogen-bond donors (Lipinski definition) is 0. The van der Waals surface area contributed by atoms with Gasteiger partial charge in [-0.15, -0.1) is 0 Å². The van der Waals surface area contributed by atoms with Crippen LogP contribution in [0, 0.1) is 0 Å². The van der Waals surface area contributed by atoms with Gasteiger partial charge < -0.3 is 13.7 Å². The molecule has 0 aliphatic rings. The highest BCUT2D eigenvalue weighted by atomic mass is 16.3. The summed E-state index contributed by atoms with van der Waals surface area (Å²) in [7, 11) is 0. The van der Waals surface area contributed by atoms with E-state index in [2.05, 4.69) is 351 Å². The zero-order valence-corrected chi connectivity index (χ0v) is 59.5. The van der Waals surface area contributed by atoms with Gasteiger partial charge in [0.25, 0.3) is 0 Å². The Morgan fingerprint density at radius 1 is 0.260 bits per heavy atom. The third-order valence-electron chi connectivity index (χ3n) is 21.0. The maximum Gasteiger partial charge on any atom is 0.213 e. The van der Waals surface area contributed by atoms with Crippen LogP contribution < -0.4 is 4.90 Å². The Labute approximate surface area is 566 Å². The molecule has 0 saturated carbocycles. The van der Waals surface area contributed by atoms with Crippen LogP contribution in [0.4, 0.5) is 17.1 Å². The second-order valence-electron chi connectivity index (χ2n) is 34.0. The summed E-state index contributed by atoms with van der Waals surface area (Å²) in [6.45, 7) is 42.3. The molecule has 0 aliphatic carbocycles. The quantitative estimate of drug-likeness (QED) is 0.159. The third-order valence-corrected chi connectivity index (χ3v) is 21.0. The van der Waals surface area contributed by atoms with Gasteiger partial charge in [-0.2, -0.15) is 0 Å². The zero-order chi connectivity index (χ0) is 67.2. The summed E-state index contributed by atoms with van der Waals surface area (Å²) in [4.78, 5) is 2.36. The molecule has 5 heterocycles. The van der Waals surface area contributed by atoms with Gasteiger partial charge in [0.15, 0.2) is 0 Å². The van der Waals surface area contributed by atoms with Crippen LogP contribution in [-0.2, 0) is 32.5 Å². The molecule has 0 radical (unpaired) electrons. The lowest BCUT2D eigenvalue weighted by molar-refractivity contribution is 0.568. The lowest BCUT2D eigenvalue weighted by atomic mass is 9.78. The van der Waals surface area contributed by atoms with Crippen molar-refractivity contribution in [3.05, 3.63) is 246 Å². The number of rotatable bonds is 7. The summed E-state index contributed by atoms with van der Waals surface area (Å²) in [5, 5.41) is 10.9. The molecular weight excluding hydrogens is 1160 g/mol. The van der Waals surface area contributed by atoms with Crippen LogP contribution in [0.2, 0.25) is 0 Å². The van der Waals surface area contributed by atoms with E-state index in [1.807, 2.05) is 0 Å². The minimum absolute atomic E-state index is 0.0520. The summed E-state index contributed by atoms with van der Waals surface area (Å²) >= 11 is 0. The maximum absolute atomic E-state index is 7.15. The Morgan fingerprint density at radius 2 is 0.594 bits per heavy atom. The van der Waals surface area contributed by atoms with Gasteiger partial charge in [0.1, 0.15) is 5.58 Å². The van der Waals surface area contributed by atoms with Crippen LogP contribution in [0.3, 0.4) is 0 Å². The van der Waals surface area contributed by atoms with Gasteiger partial charge in [0.2, 0.25) is 5.71 Å². The highest BCUT2D eigenvalue weighted by Crippen LogP contribution is 2.52. The first-order valence-corrected chi connectivity index (χ1v) is 34.7. The minimum Gasteiger partial charge on any atom is -0.439 e. The molecule has 0 unspecified atom stereocenters. The third kappa shape index (κ3) is 9.90. The molecule has 5 aromatic heterocycles. The first-order valence-electron chi connectivity index (χ1n) is 34.7. The van der Waals surface area contributed by atoms with Crippen molar-refractivity contribution in [2.75, 3.05) is 4.90 Å². The highest BCUT2D eigenvalue weighted by Gasteiger charge is 2.31. The fourth-order valence-electron chi connectivity index (χ4n) is 15.2. The molecule has 4 nitrogen and oxygen atoms in total. The summed E-state index contributed by atoms with van der Waals surface area (Å²) < 4.78 is 12.3. The van der Waals surface area contributed by atoms with Gasteiger partial charge in [-0.1, -0.05) is 246 Å². The van der Waals surface area contributed by atoms with Crippen LogP contribution in [0.15, 0.2) is 217 Å². The fraction of sp³-hybridized carbons (Fsp3) is 0.261. The highest BCUT2D eigenvalue weighted by molar-refractivity contribution is 6.32. The molecule has 4 heteroatoms. The molecule has 0 atom stereocenters. The van der Waals surface area contributed by atoms with Crippen molar-refractivity contribution in [1.29, 1.82) is 0 Å². The van der Waals surface area contributed by atoms with E-state index in [0.29, 0.717) is 0 Å². The van der Waals surface area contributed by atoms with E-state index in [0.717, 1.165) is 50.2 Å². The molecule has 96 heavy (non-hydrogen) atoms. The lowest BCUT2D eigenvalue weighted by Crippen LogP contribution is -2.16. The van der Waals surface area contributed by atoms with Crippen molar-refractivity contribution < 1.29 is 4.42 Å². The predicted molar refractivity (Wildman–Crippen MR) is 414 cm³/mol. The monoisotopic (exact) mass is 1250 g/mol. The summed E-state index contributed by atoms with van der Waals surface area (Å²) in [5.41, 5.74) is 28.4. The number of para-hydroxylation sites is 3. The SMILES string of the molecule is CC(C)(C)c1cc(-c2cc(-c3ccc(N(c4ccccc4)c4ccccc4)cc3)c3c(c2)c2cc(-c4cc(C(C)(C)C)cc(C(C)(C)C)c4)cc4c5cc6c(cc5n3c42)c2cc(-c3cc(C(C)(C)C)cc(C(C)(C)C)c3)cc3c4c5ccccc5oc4n6c23)cc(C(C)(C)C)c1. The van der Waals surface area contributed by atoms with Gasteiger partial charge in [0, 0.05) is 65.7 Å². The molecule has 0 saturated heterocycles. The smallest absolute Gasteiger partial charge is 0.213 e. The molecule has 11 aromatic carbocycles. The normalized spacial score (nSPS) is 13.3. The molecule has 0 amide bonds. The number of furan rings is 1. The molecule has 478 valence electrons. The van der Waals surface area contributed by atoms with Crippen molar-refractivity contribution in [3.8, 4) is 44.5 Å². The van der Waals surface area contributed by atoms with Crippen molar-refractivity contribution in [2.24, 2.45) is 0 Å². The average molecular weight is 1250 g/mol. The standard InChI is InChI=1S/C92H89N3O/c1-87(2,3)61-37-55(38-62(49-61)88(4,5)6)58-43-71(54-33-35-69(36-34-54)93(67-27-21-19-22-28-67)68-29-23-20-24-30-68)83-76(46-58)77-47-59(56-39-63(89(7,8)9)50-64(40-56)90(10,11)12)44-74-72-53-80-73(52-79(72)94(83)84(74)77)75-45-60(57-41-65(91(13,14)15)51-66(42-57)92(16,17)18)48-78-82-70-31-25-26-32-81(70)96-86(82)95(80)85(75)78/h19-53H,1-18H3. The summed E-state index contributed by atoms with van der Waals surface area (Å²) in [6.07, 6.45) is 0. The number of fused-ring (bicyclic) bond motifs is 14. The average Bonchev–Trinajstić information content (AvgIpc) is 1.51. The topological polar surface area (TPSA) is 25.2 Å². The first-order chi connectivity index (χ1) is 45.3. The fourth-order valence-corrected chi connectivity index (χ4v) is 15.2. The molecule has 0 spiro atoms. The van der Waals surface area contributed by atoms with E-state index in [4.69, 9.17) is 4.42 Å². The Morgan fingerprint density at radius 3 is 1.02 bits per heavy atom. The molecule has 0 bridgehead atoms. The number of hydrogen-bond acceptors (Lipinski definition) is 2. The molecular formula is C92H89N3O. The van der Waals surface area contributed by atoms with Crippen molar-refractivity contribution in [2.45, 2.75) is 157 Å². The number of nitrogens with zero attached hydrogens (tertiary/aromatic N) is 3. The Kier molecular flexibility index (Phi) is 13.4. The van der Waals surface area contributed by atoms with Gasteiger partial charge in [-0.05, 0) is 196 Å². The number of aromatic nitrogens is 2. The van der Waals surface area contributed by atoms with E-state index in [1.165, 1.54) is 132 Å². The van der Waals surface area contributed by atoms with Crippen LogP contribution in [0.5, 0.6) is 0 Å². The molecule has 0 aliphatic heterocycles. The van der Waals surface area contributed by atoms with E-state index in [-0.39, 0.29) is 32.5 Å². The van der Waals surface area contributed by atoms with E-state index >= 15 is 0 Å². The molecule has 0 fully saturated rings. The van der Waals surface area contributed by atoms with Crippen molar-refractivity contribution in [1.82, 2.24) is 8.80 Å². The van der Waals surface area contributed by atoms with Crippen molar-refractivity contribution in [3.63, 3.8) is 0 Å². The Hall–Kier alpha value is -9.64. The van der Waals surface area contributed by atoms with Crippen molar-refractivity contribution >= 4 is 104 Å². The molecule has 0 N–H and O–H groups in total.